The molecule has 2 aliphatic rings. The van der Waals surface area contributed by atoms with Crippen LogP contribution < -0.4 is 5.32 Å². The molecular weight excluding hydrogens is 236 g/mol. The fourth-order valence-electron chi connectivity index (χ4n) is 3.36. The number of nitrogens with zero attached hydrogens (tertiary/aromatic N) is 1. The average molecular weight is 258 g/mol. The van der Waals surface area contributed by atoms with E-state index in [9.17, 15) is 4.79 Å². The lowest BCUT2D eigenvalue weighted by molar-refractivity contribution is -0.132. The van der Waals surface area contributed by atoms with Crippen LogP contribution in [0.25, 0.3) is 0 Å². The number of fused-ring (bicyclic) bond motifs is 1. The molecule has 3 heteroatoms. The molecule has 1 N–H and O–H groups in total. The third-order valence-electron chi connectivity index (χ3n) is 4.43. The molecule has 1 amide bonds. The summed E-state index contributed by atoms with van der Waals surface area (Å²) in [4.78, 5) is 13.4. The predicted octanol–water partition coefficient (Wildman–Crippen LogP) is 2.27. The van der Waals surface area contributed by atoms with Crippen molar-refractivity contribution in [1.82, 2.24) is 10.2 Å². The smallest absolute Gasteiger partial charge is 0.222 e. The summed E-state index contributed by atoms with van der Waals surface area (Å²) in [5.41, 5.74) is 2.96. The lowest BCUT2D eigenvalue weighted by Gasteiger charge is -2.35. The largest absolute Gasteiger partial charge is 0.344 e. The SMILES string of the molecule is CN1CC(NC2CCCc3ccccc32)CCC1=O. The Morgan fingerprint density at radius 1 is 1.21 bits per heavy atom. The summed E-state index contributed by atoms with van der Waals surface area (Å²) in [7, 11) is 1.91. The molecule has 0 bridgehead atoms. The van der Waals surface area contributed by atoms with Gasteiger partial charge in [0.1, 0.15) is 0 Å². The van der Waals surface area contributed by atoms with Crippen molar-refractivity contribution in [2.75, 3.05) is 13.6 Å². The Morgan fingerprint density at radius 3 is 2.89 bits per heavy atom. The highest BCUT2D eigenvalue weighted by molar-refractivity contribution is 5.76. The maximum absolute atomic E-state index is 11.5. The Hall–Kier alpha value is -1.35. The van der Waals surface area contributed by atoms with Crippen LogP contribution in [0.15, 0.2) is 24.3 Å². The average Bonchev–Trinajstić information content (AvgIpc) is 2.43. The van der Waals surface area contributed by atoms with Gasteiger partial charge in [-0.1, -0.05) is 24.3 Å². The fourth-order valence-corrected chi connectivity index (χ4v) is 3.36. The number of piperidine rings is 1. The number of carbonyl (C=O) groups excluding carboxylic acids is 1. The molecule has 1 fully saturated rings. The molecule has 102 valence electrons. The first-order chi connectivity index (χ1) is 9.24. The van der Waals surface area contributed by atoms with Crippen LogP contribution in [-0.2, 0) is 11.2 Å². The molecule has 0 spiro atoms. The molecular formula is C16H22N2O. The van der Waals surface area contributed by atoms with Gasteiger partial charge in [-0.25, -0.2) is 0 Å². The molecule has 0 aromatic heterocycles. The summed E-state index contributed by atoms with van der Waals surface area (Å²) in [5, 5.41) is 3.77. The molecule has 1 aromatic carbocycles. The minimum absolute atomic E-state index is 0.280. The Morgan fingerprint density at radius 2 is 2.05 bits per heavy atom. The number of aryl methyl sites for hydroxylation is 1. The van der Waals surface area contributed by atoms with E-state index in [-0.39, 0.29) is 5.91 Å². The first-order valence-electron chi connectivity index (χ1n) is 7.32. The topological polar surface area (TPSA) is 32.3 Å². The molecule has 1 heterocycles. The van der Waals surface area contributed by atoms with Gasteiger partial charge in [0.25, 0.3) is 0 Å². The van der Waals surface area contributed by atoms with Crippen LogP contribution in [0.2, 0.25) is 0 Å². The number of likely N-dealkylation sites (N-methyl/N-ethyl adjacent to an activating group) is 1. The van der Waals surface area contributed by atoms with E-state index in [1.54, 1.807) is 0 Å². The van der Waals surface area contributed by atoms with Crippen molar-refractivity contribution in [3.05, 3.63) is 35.4 Å². The molecule has 1 aromatic rings. The van der Waals surface area contributed by atoms with Gasteiger partial charge in [0.15, 0.2) is 0 Å². The zero-order chi connectivity index (χ0) is 13.2. The summed E-state index contributed by atoms with van der Waals surface area (Å²) in [6, 6.07) is 9.68. The van der Waals surface area contributed by atoms with Gasteiger partial charge in [-0.3, -0.25) is 4.79 Å². The van der Waals surface area contributed by atoms with Gasteiger partial charge >= 0.3 is 0 Å². The van der Waals surface area contributed by atoms with Gasteiger partial charge in [0.2, 0.25) is 5.91 Å². The van der Waals surface area contributed by atoms with Crippen LogP contribution in [0.4, 0.5) is 0 Å². The molecule has 0 saturated carbocycles. The highest BCUT2D eigenvalue weighted by atomic mass is 16.2. The van der Waals surface area contributed by atoms with Gasteiger partial charge in [0, 0.05) is 32.1 Å². The molecule has 1 saturated heterocycles. The highest BCUT2D eigenvalue weighted by Crippen LogP contribution is 2.30. The van der Waals surface area contributed by atoms with Crippen molar-refractivity contribution < 1.29 is 4.79 Å². The summed E-state index contributed by atoms with van der Waals surface area (Å²) in [6.45, 7) is 0.845. The molecule has 0 radical (unpaired) electrons. The van der Waals surface area contributed by atoms with Crippen molar-refractivity contribution >= 4 is 5.91 Å². The summed E-state index contributed by atoms with van der Waals surface area (Å²) in [5.74, 6) is 0.280. The van der Waals surface area contributed by atoms with E-state index >= 15 is 0 Å². The zero-order valence-corrected chi connectivity index (χ0v) is 11.6. The highest BCUT2D eigenvalue weighted by Gasteiger charge is 2.27. The minimum atomic E-state index is 0.280. The second-order valence-corrected chi connectivity index (χ2v) is 5.82. The summed E-state index contributed by atoms with van der Waals surface area (Å²) < 4.78 is 0. The van der Waals surface area contributed by atoms with E-state index in [2.05, 4.69) is 29.6 Å². The maximum Gasteiger partial charge on any atom is 0.222 e. The number of nitrogens with one attached hydrogen (secondary N) is 1. The minimum Gasteiger partial charge on any atom is -0.344 e. The number of rotatable bonds is 2. The van der Waals surface area contributed by atoms with Crippen LogP contribution in [0.1, 0.15) is 42.9 Å². The van der Waals surface area contributed by atoms with E-state index in [1.165, 1.54) is 30.4 Å². The van der Waals surface area contributed by atoms with Crippen molar-refractivity contribution in [1.29, 1.82) is 0 Å². The number of carbonyl (C=O) groups is 1. The zero-order valence-electron chi connectivity index (χ0n) is 11.6. The summed E-state index contributed by atoms with van der Waals surface area (Å²) in [6.07, 6.45) is 5.34. The van der Waals surface area contributed by atoms with Crippen molar-refractivity contribution in [3.63, 3.8) is 0 Å². The summed E-state index contributed by atoms with van der Waals surface area (Å²) >= 11 is 0. The fraction of sp³-hybridized carbons (Fsp3) is 0.562. The third-order valence-corrected chi connectivity index (χ3v) is 4.43. The number of likely N-dealkylation sites (tertiary alicyclic amines) is 1. The van der Waals surface area contributed by atoms with Crippen LogP contribution >= 0.6 is 0 Å². The normalized spacial score (nSPS) is 27.2. The Balaban J connectivity index is 1.69. The van der Waals surface area contributed by atoms with Crippen molar-refractivity contribution in [2.24, 2.45) is 0 Å². The Bertz CT molecular complexity index is 472. The van der Waals surface area contributed by atoms with Crippen LogP contribution in [-0.4, -0.2) is 30.4 Å². The molecule has 1 aliphatic carbocycles. The maximum atomic E-state index is 11.5. The van der Waals surface area contributed by atoms with Crippen molar-refractivity contribution in [2.45, 2.75) is 44.2 Å². The van der Waals surface area contributed by atoms with E-state index in [1.807, 2.05) is 11.9 Å². The van der Waals surface area contributed by atoms with Gasteiger partial charge in [0.05, 0.1) is 0 Å². The lowest BCUT2D eigenvalue weighted by Crippen LogP contribution is -2.48. The molecule has 2 unspecified atom stereocenters. The molecule has 3 nitrogen and oxygen atoms in total. The van der Waals surface area contributed by atoms with Crippen LogP contribution in [0.3, 0.4) is 0 Å². The first-order valence-corrected chi connectivity index (χ1v) is 7.32. The van der Waals surface area contributed by atoms with Crippen LogP contribution in [0, 0.1) is 0 Å². The van der Waals surface area contributed by atoms with E-state index < -0.39 is 0 Å². The standard InChI is InChI=1S/C16H22N2O/c1-18-11-13(9-10-16(18)19)17-15-8-4-6-12-5-2-3-7-14(12)15/h2-3,5,7,13,15,17H,4,6,8-11H2,1H3. The number of amides is 1. The molecule has 3 rings (SSSR count). The second kappa shape index (κ2) is 5.33. The van der Waals surface area contributed by atoms with Gasteiger partial charge in [-0.2, -0.15) is 0 Å². The number of benzene rings is 1. The first kappa shape index (κ1) is 12.7. The predicted molar refractivity (Wildman–Crippen MR) is 75.9 cm³/mol. The third kappa shape index (κ3) is 2.66. The Kier molecular flexibility index (Phi) is 3.56. The number of hydrogen-bond donors (Lipinski definition) is 1. The van der Waals surface area contributed by atoms with Gasteiger partial charge in [-0.05, 0) is 36.8 Å². The number of hydrogen-bond acceptors (Lipinski definition) is 2. The van der Waals surface area contributed by atoms with E-state index in [0.29, 0.717) is 18.5 Å². The monoisotopic (exact) mass is 258 g/mol. The van der Waals surface area contributed by atoms with Crippen molar-refractivity contribution in [3.8, 4) is 0 Å². The molecule has 2 atom stereocenters. The second-order valence-electron chi connectivity index (χ2n) is 5.82. The van der Waals surface area contributed by atoms with Gasteiger partial charge in [-0.15, -0.1) is 0 Å². The van der Waals surface area contributed by atoms with Crippen LogP contribution in [0.5, 0.6) is 0 Å². The van der Waals surface area contributed by atoms with E-state index in [4.69, 9.17) is 0 Å². The quantitative estimate of drug-likeness (QED) is 0.882. The molecule has 19 heavy (non-hydrogen) atoms. The lowest BCUT2D eigenvalue weighted by atomic mass is 9.87. The van der Waals surface area contributed by atoms with Gasteiger partial charge < -0.3 is 10.2 Å². The molecule has 1 aliphatic heterocycles. The Labute approximate surface area is 115 Å². The van der Waals surface area contributed by atoms with E-state index in [0.717, 1.165) is 13.0 Å².